The Morgan fingerprint density at radius 1 is 1.31 bits per heavy atom. The third-order valence-electron chi connectivity index (χ3n) is 5.18. The number of rotatable bonds is 7. The maximum Gasteiger partial charge on any atom is 0.327 e. The summed E-state index contributed by atoms with van der Waals surface area (Å²) < 4.78 is 5.19. The number of ether oxygens (including phenoxy) is 1. The molecule has 2 aromatic rings. The lowest BCUT2D eigenvalue weighted by molar-refractivity contribution is -0.177. The third-order valence-corrected chi connectivity index (χ3v) is 5.18. The Morgan fingerprint density at radius 2 is 2.07 bits per heavy atom. The molecule has 0 unspecified atom stereocenters. The summed E-state index contributed by atoms with van der Waals surface area (Å²) in [6, 6.07) is 9.40. The van der Waals surface area contributed by atoms with E-state index in [-0.39, 0.29) is 18.8 Å². The number of carboxylic acids is 1. The number of nitrogens with two attached hydrogens (primary N) is 1. The zero-order valence-corrected chi connectivity index (χ0v) is 16.2. The molecule has 2 heterocycles. The van der Waals surface area contributed by atoms with Gasteiger partial charge in [0, 0.05) is 12.6 Å². The molecule has 1 aromatic carbocycles. The van der Waals surface area contributed by atoms with Crippen LogP contribution < -0.4 is 10.5 Å². The van der Waals surface area contributed by atoms with Crippen molar-refractivity contribution in [1.29, 1.82) is 0 Å². The Kier molecular flexibility index (Phi) is 5.81. The van der Waals surface area contributed by atoms with E-state index in [1.54, 1.807) is 25.3 Å². The van der Waals surface area contributed by atoms with Crippen molar-refractivity contribution in [2.24, 2.45) is 5.92 Å². The van der Waals surface area contributed by atoms with Crippen LogP contribution in [0.15, 0.2) is 42.6 Å². The van der Waals surface area contributed by atoms with Crippen LogP contribution in [0.25, 0.3) is 0 Å². The number of hydrogen-bond acceptors (Lipinski definition) is 6. The number of hydrogen-bond donors (Lipinski definition) is 2. The van der Waals surface area contributed by atoms with E-state index in [1.165, 1.54) is 6.20 Å². The number of carbonyl (C=O) groups excluding carboxylic acids is 2. The number of carbonyl (C=O) groups is 3. The predicted molar refractivity (Wildman–Crippen MR) is 105 cm³/mol. The van der Waals surface area contributed by atoms with E-state index in [2.05, 4.69) is 4.98 Å². The molecule has 1 saturated heterocycles. The lowest BCUT2D eigenvalue weighted by atomic mass is 9.81. The molecule has 3 rings (SSSR count). The highest BCUT2D eigenvalue weighted by Crippen LogP contribution is 2.33. The molecule has 3 N–H and O–H groups in total. The molecule has 2 amide bonds. The van der Waals surface area contributed by atoms with Gasteiger partial charge in [-0.2, -0.15) is 0 Å². The number of nitrogen functional groups attached to an aromatic ring is 1. The SMILES string of the molecule is COc1cccc([C@@H](C)CC(=O)N2C(=O)[C@H](Cc3ccnc(N)c3)[C@H]2C(=O)O)c1. The number of benzene rings is 1. The van der Waals surface area contributed by atoms with Crippen LogP contribution in [-0.4, -0.2) is 45.9 Å². The largest absolute Gasteiger partial charge is 0.497 e. The molecule has 8 heteroatoms. The minimum Gasteiger partial charge on any atom is -0.497 e. The summed E-state index contributed by atoms with van der Waals surface area (Å²) in [6.45, 7) is 1.85. The van der Waals surface area contributed by atoms with E-state index < -0.39 is 29.7 Å². The summed E-state index contributed by atoms with van der Waals surface area (Å²) in [4.78, 5) is 41.8. The van der Waals surface area contributed by atoms with E-state index in [4.69, 9.17) is 10.5 Å². The lowest BCUT2D eigenvalue weighted by Gasteiger charge is -2.43. The molecule has 29 heavy (non-hydrogen) atoms. The number of amides is 2. The standard InChI is InChI=1S/C21H23N3O5/c1-12(14-4-3-5-15(11-14)29-2)8-18(25)24-19(21(27)28)16(20(24)26)9-13-6-7-23-17(22)10-13/h3-7,10-12,16,19H,8-9H2,1-2H3,(H2,22,23)(H,27,28)/t12-,16+,19-/m0/s1. The maximum absolute atomic E-state index is 12.7. The zero-order valence-electron chi connectivity index (χ0n) is 16.2. The summed E-state index contributed by atoms with van der Waals surface area (Å²) in [7, 11) is 1.56. The highest BCUT2D eigenvalue weighted by atomic mass is 16.5. The van der Waals surface area contributed by atoms with Crippen LogP contribution in [0, 0.1) is 5.92 Å². The smallest absolute Gasteiger partial charge is 0.327 e. The summed E-state index contributed by atoms with van der Waals surface area (Å²) in [5, 5.41) is 9.59. The van der Waals surface area contributed by atoms with Gasteiger partial charge in [-0.15, -0.1) is 0 Å². The average Bonchev–Trinajstić information content (AvgIpc) is 2.69. The molecule has 0 radical (unpaired) electrons. The van der Waals surface area contributed by atoms with Gasteiger partial charge in [0.05, 0.1) is 13.0 Å². The van der Waals surface area contributed by atoms with Crippen molar-refractivity contribution in [2.75, 3.05) is 12.8 Å². The van der Waals surface area contributed by atoms with Gasteiger partial charge in [0.1, 0.15) is 17.6 Å². The van der Waals surface area contributed by atoms with Gasteiger partial charge in [-0.3, -0.25) is 14.5 Å². The molecule has 1 aliphatic rings. The summed E-state index contributed by atoms with van der Waals surface area (Å²) in [5.74, 6) is -2.20. The minimum atomic E-state index is -1.20. The van der Waals surface area contributed by atoms with Crippen molar-refractivity contribution in [2.45, 2.75) is 31.7 Å². The van der Waals surface area contributed by atoms with E-state index in [9.17, 15) is 19.5 Å². The number of likely N-dealkylation sites (tertiary alicyclic amines) is 1. The fourth-order valence-electron chi connectivity index (χ4n) is 3.61. The number of methoxy groups -OCH3 is 1. The monoisotopic (exact) mass is 397 g/mol. The number of pyridine rings is 1. The molecule has 0 bridgehead atoms. The van der Waals surface area contributed by atoms with E-state index in [1.807, 2.05) is 25.1 Å². The number of aliphatic carboxylic acids is 1. The van der Waals surface area contributed by atoms with Gasteiger partial charge in [0.2, 0.25) is 11.8 Å². The van der Waals surface area contributed by atoms with Gasteiger partial charge in [-0.1, -0.05) is 19.1 Å². The number of anilines is 1. The number of imide groups is 1. The van der Waals surface area contributed by atoms with Gasteiger partial charge >= 0.3 is 5.97 Å². The second kappa shape index (κ2) is 8.30. The molecule has 1 fully saturated rings. The first-order chi connectivity index (χ1) is 13.8. The van der Waals surface area contributed by atoms with Gasteiger partial charge in [-0.05, 0) is 47.7 Å². The van der Waals surface area contributed by atoms with E-state index >= 15 is 0 Å². The fraction of sp³-hybridized carbons (Fsp3) is 0.333. The van der Waals surface area contributed by atoms with Crippen molar-refractivity contribution in [1.82, 2.24) is 9.88 Å². The maximum atomic E-state index is 12.7. The number of nitrogens with zero attached hydrogens (tertiary/aromatic N) is 2. The highest BCUT2D eigenvalue weighted by molar-refractivity contribution is 6.08. The Hall–Kier alpha value is -3.42. The first-order valence-electron chi connectivity index (χ1n) is 9.25. The lowest BCUT2D eigenvalue weighted by Crippen LogP contribution is -2.66. The first kappa shape index (κ1) is 20.3. The molecule has 0 saturated carbocycles. The third kappa shape index (κ3) is 4.21. The predicted octanol–water partition coefficient (Wildman–Crippen LogP) is 1.85. The van der Waals surface area contributed by atoms with Crippen LogP contribution in [-0.2, 0) is 20.8 Å². The fourth-order valence-corrected chi connectivity index (χ4v) is 3.61. The van der Waals surface area contributed by atoms with Crippen LogP contribution in [0.3, 0.4) is 0 Å². The molecule has 1 aromatic heterocycles. The highest BCUT2D eigenvalue weighted by Gasteiger charge is 2.54. The number of β-lactam (4-membered cyclic amide) rings is 1. The van der Waals surface area contributed by atoms with Crippen LogP contribution in [0.2, 0.25) is 0 Å². The first-order valence-corrected chi connectivity index (χ1v) is 9.25. The van der Waals surface area contributed by atoms with Crippen molar-refractivity contribution < 1.29 is 24.2 Å². The average molecular weight is 397 g/mol. The Balaban J connectivity index is 1.71. The molecular formula is C21H23N3O5. The van der Waals surface area contributed by atoms with E-state index in [0.29, 0.717) is 17.1 Å². The van der Waals surface area contributed by atoms with Gasteiger partial charge < -0.3 is 15.6 Å². The second-order valence-corrected chi connectivity index (χ2v) is 7.17. The quantitative estimate of drug-likeness (QED) is 0.684. The Morgan fingerprint density at radius 3 is 2.72 bits per heavy atom. The van der Waals surface area contributed by atoms with Crippen molar-refractivity contribution in [3.63, 3.8) is 0 Å². The normalized spacial score (nSPS) is 19.4. The number of carboxylic acid groups (broad SMARTS) is 1. The summed E-state index contributed by atoms with van der Waals surface area (Å²) in [5.41, 5.74) is 7.23. The molecule has 3 atom stereocenters. The molecule has 152 valence electrons. The zero-order chi connectivity index (χ0) is 21.1. The van der Waals surface area contributed by atoms with Gasteiger partial charge in [0.25, 0.3) is 0 Å². The van der Waals surface area contributed by atoms with Crippen LogP contribution in [0.4, 0.5) is 5.82 Å². The minimum absolute atomic E-state index is 0.0254. The summed E-state index contributed by atoms with van der Waals surface area (Å²) in [6.07, 6.45) is 1.72. The van der Waals surface area contributed by atoms with Crippen molar-refractivity contribution in [3.05, 3.63) is 53.7 Å². The molecule has 8 nitrogen and oxygen atoms in total. The molecule has 0 spiro atoms. The van der Waals surface area contributed by atoms with Gasteiger partial charge in [-0.25, -0.2) is 9.78 Å². The molecule has 0 aliphatic carbocycles. The summed E-state index contributed by atoms with van der Waals surface area (Å²) >= 11 is 0. The van der Waals surface area contributed by atoms with Crippen LogP contribution in [0.1, 0.15) is 30.4 Å². The van der Waals surface area contributed by atoms with Crippen molar-refractivity contribution >= 4 is 23.6 Å². The number of aromatic nitrogens is 1. The Labute approximate surface area is 168 Å². The topological polar surface area (TPSA) is 123 Å². The van der Waals surface area contributed by atoms with Crippen LogP contribution in [0.5, 0.6) is 5.75 Å². The molecular weight excluding hydrogens is 374 g/mol. The second-order valence-electron chi connectivity index (χ2n) is 7.17. The van der Waals surface area contributed by atoms with Gasteiger partial charge in [0.15, 0.2) is 0 Å². The molecule has 1 aliphatic heterocycles. The Bertz CT molecular complexity index is 945. The van der Waals surface area contributed by atoms with E-state index in [0.717, 1.165) is 10.5 Å². The van der Waals surface area contributed by atoms with Crippen molar-refractivity contribution in [3.8, 4) is 5.75 Å². The van der Waals surface area contributed by atoms with Crippen LogP contribution >= 0.6 is 0 Å².